The first-order valence-electron chi connectivity index (χ1n) is 8.36. The normalized spacial score (nSPS) is 23.1. The van der Waals surface area contributed by atoms with Crippen LogP contribution in [-0.2, 0) is 0 Å². The Kier molecular flexibility index (Phi) is 4.91. The highest BCUT2D eigenvalue weighted by molar-refractivity contribution is 5.43. The monoisotopic (exact) mass is 289 g/mol. The molecule has 116 valence electrons. The molecule has 0 radical (unpaired) electrons. The Morgan fingerprint density at radius 1 is 1.24 bits per heavy atom. The summed E-state index contributed by atoms with van der Waals surface area (Å²) in [4.78, 5) is 11.7. The topological polar surface area (TPSA) is 53.1 Å². The van der Waals surface area contributed by atoms with Crippen molar-refractivity contribution >= 4 is 11.8 Å². The Labute approximate surface area is 127 Å². The van der Waals surface area contributed by atoms with Crippen LogP contribution in [0.5, 0.6) is 0 Å². The molecule has 5 nitrogen and oxygen atoms in total. The lowest BCUT2D eigenvalue weighted by molar-refractivity contribution is 0.392. The van der Waals surface area contributed by atoms with Gasteiger partial charge < -0.3 is 15.5 Å². The summed E-state index contributed by atoms with van der Waals surface area (Å²) in [5.74, 6) is 2.60. The summed E-state index contributed by atoms with van der Waals surface area (Å²) in [5.41, 5.74) is 1.05. The second-order valence-corrected chi connectivity index (χ2v) is 6.34. The molecule has 1 unspecified atom stereocenters. The first kappa shape index (κ1) is 14.6. The molecule has 0 spiro atoms. The van der Waals surface area contributed by atoms with Crippen LogP contribution in [-0.4, -0.2) is 42.7 Å². The molecule has 1 aromatic heterocycles. The average molecular weight is 289 g/mol. The van der Waals surface area contributed by atoms with Crippen LogP contribution in [0.15, 0.2) is 6.07 Å². The number of hydrogen-bond donors (Lipinski definition) is 2. The standard InChI is InChI=1S/C16H27N5/c1-13-10-15(18-12-14-6-5-7-17-11-14)20-16(19-13)21-8-3-2-4-9-21/h10,14,17H,2-9,11-12H2,1H3,(H,18,19,20). The quantitative estimate of drug-likeness (QED) is 0.890. The van der Waals surface area contributed by atoms with Gasteiger partial charge in [0.2, 0.25) is 5.95 Å². The molecule has 0 aliphatic carbocycles. The number of aromatic nitrogens is 2. The molecule has 1 aromatic rings. The van der Waals surface area contributed by atoms with Crippen LogP contribution < -0.4 is 15.5 Å². The van der Waals surface area contributed by atoms with Crippen molar-refractivity contribution in [2.45, 2.75) is 39.0 Å². The molecular weight excluding hydrogens is 262 g/mol. The molecule has 2 aliphatic heterocycles. The largest absolute Gasteiger partial charge is 0.370 e. The predicted octanol–water partition coefficient (Wildman–Crippen LogP) is 2.19. The van der Waals surface area contributed by atoms with Gasteiger partial charge in [0.05, 0.1) is 0 Å². The lowest BCUT2D eigenvalue weighted by Crippen LogP contribution is -2.34. The van der Waals surface area contributed by atoms with Crippen LogP contribution in [0.4, 0.5) is 11.8 Å². The molecule has 2 fully saturated rings. The van der Waals surface area contributed by atoms with Gasteiger partial charge in [-0.3, -0.25) is 0 Å². The summed E-state index contributed by atoms with van der Waals surface area (Å²) in [6.45, 7) is 7.54. The highest BCUT2D eigenvalue weighted by Crippen LogP contribution is 2.19. The van der Waals surface area contributed by atoms with Crippen LogP contribution >= 0.6 is 0 Å². The third-order valence-electron chi connectivity index (χ3n) is 4.45. The molecule has 0 bridgehead atoms. The van der Waals surface area contributed by atoms with Crippen molar-refractivity contribution in [1.29, 1.82) is 0 Å². The zero-order chi connectivity index (χ0) is 14.5. The number of aryl methyl sites for hydroxylation is 1. The lowest BCUT2D eigenvalue weighted by atomic mass is 10.00. The number of hydrogen-bond acceptors (Lipinski definition) is 5. The molecule has 2 N–H and O–H groups in total. The Morgan fingerprint density at radius 3 is 2.86 bits per heavy atom. The van der Waals surface area contributed by atoms with Crippen LogP contribution in [0.3, 0.4) is 0 Å². The van der Waals surface area contributed by atoms with Crippen molar-refractivity contribution in [2.24, 2.45) is 5.92 Å². The summed E-state index contributed by atoms with van der Waals surface area (Å²) < 4.78 is 0. The van der Waals surface area contributed by atoms with Gasteiger partial charge in [0, 0.05) is 31.4 Å². The summed E-state index contributed by atoms with van der Waals surface area (Å²) in [6.07, 6.45) is 6.45. The number of rotatable bonds is 4. The van der Waals surface area contributed by atoms with Crippen molar-refractivity contribution in [3.05, 3.63) is 11.8 Å². The van der Waals surface area contributed by atoms with Crippen molar-refractivity contribution < 1.29 is 0 Å². The van der Waals surface area contributed by atoms with E-state index in [0.717, 1.165) is 43.6 Å². The maximum atomic E-state index is 4.72. The van der Waals surface area contributed by atoms with Crippen molar-refractivity contribution in [1.82, 2.24) is 15.3 Å². The summed E-state index contributed by atoms with van der Waals surface area (Å²) in [6, 6.07) is 2.06. The van der Waals surface area contributed by atoms with Crippen LogP contribution in [0.2, 0.25) is 0 Å². The third-order valence-corrected chi connectivity index (χ3v) is 4.45. The predicted molar refractivity (Wildman–Crippen MR) is 86.9 cm³/mol. The summed E-state index contributed by atoms with van der Waals surface area (Å²) >= 11 is 0. The molecule has 2 saturated heterocycles. The van der Waals surface area contributed by atoms with E-state index in [-0.39, 0.29) is 0 Å². The van der Waals surface area contributed by atoms with Crippen LogP contribution in [0, 0.1) is 12.8 Å². The molecule has 1 atom stereocenters. The molecule has 0 aromatic carbocycles. The van der Waals surface area contributed by atoms with E-state index in [0.29, 0.717) is 5.92 Å². The van der Waals surface area contributed by atoms with Gasteiger partial charge in [-0.2, -0.15) is 4.98 Å². The van der Waals surface area contributed by atoms with Gasteiger partial charge >= 0.3 is 0 Å². The lowest BCUT2D eigenvalue weighted by Gasteiger charge is -2.27. The van der Waals surface area contributed by atoms with Gasteiger partial charge in [0.15, 0.2) is 0 Å². The van der Waals surface area contributed by atoms with Gasteiger partial charge in [-0.1, -0.05) is 0 Å². The molecule has 3 rings (SSSR count). The smallest absolute Gasteiger partial charge is 0.227 e. The van der Waals surface area contributed by atoms with E-state index in [2.05, 4.69) is 33.5 Å². The zero-order valence-corrected chi connectivity index (χ0v) is 13.1. The molecular formula is C16H27N5. The molecule has 21 heavy (non-hydrogen) atoms. The second kappa shape index (κ2) is 7.07. The number of nitrogens with zero attached hydrogens (tertiary/aromatic N) is 3. The van der Waals surface area contributed by atoms with Crippen molar-refractivity contribution in [2.75, 3.05) is 42.9 Å². The first-order valence-corrected chi connectivity index (χ1v) is 8.36. The fourth-order valence-corrected chi connectivity index (χ4v) is 3.23. The molecule has 0 saturated carbocycles. The van der Waals surface area contributed by atoms with Crippen LogP contribution in [0.25, 0.3) is 0 Å². The van der Waals surface area contributed by atoms with E-state index in [1.165, 1.54) is 38.6 Å². The van der Waals surface area contributed by atoms with E-state index in [1.54, 1.807) is 0 Å². The van der Waals surface area contributed by atoms with Gasteiger partial charge in [-0.05, 0) is 58.0 Å². The third kappa shape index (κ3) is 4.06. The minimum absolute atomic E-state index is 0.715. The maximum Gasteiger partial charge on any atom is 0.227 e. The van der Waals surface area contributed by atoms with E-state index >= 15 is 0 Å². The zero-order valence-electron chi connectivity index (χ0n) is 13.1. The fourth-order valence-electron chi connectivity index (χ4n) is 3.23. The van der Waals surface area contributed by atoms with E-state index < -0.39 is 0 Å². The highest BCUT2D eigenvalue weighted by atomic mass is 15.3. The van der Waals surface area contributed by atoms with Gasteiger partial charge in [-0.25, -0.2) is 4.98 Å². The van der Waals surface area contributed by atoms with E-state index in [1.807, 2.05) is 0 Å². The van der Waals surface area contributed by atoms with E-state index in [9.17, 15) is 0 Å². The Morgan fingerprint density at radius 2 is 2.10 bits per heavy atom. The summed E-state index contributed by atoms with van der Waals surface area (Å²) in [5, 5.41) is 6.98. The van der Waals surface area contributed by atoms with E-state index in [4.69, 9.17) is 4.98 Å². The van der Waals surface area contributed by atoms with Crippen molar-refractivity contribution in [3.8, 4) is 0 Å². The minimum Gasteiger partial charge on any atom is -0.370 e. The second-order valence-electron chi connectivity index (χ2n) is 6.34. The van der Waals surface area contributed by atoms with Gasteiger partial charge in [-0.15, -0.1) is 0 Å². The fraction of sp³-hybridized carbons (Fsp3) is 0.750. The van der Waals surface area contributed by atoms with Gasteiger partial charge in [0.25, 0.3) is 0 Å². The van der Waals surface area contributed by atoms with Crippen molar-refractivity contribution in [3.63, 3.8) is 0 Å². The molecule has 3 heterocycles. The first-order chi connectivity index (χ1) is 10.3. The number of nitrogens with one attached hydrogen (secondary N) is 2. The average Bonchev–Trinajstić information content (AvgIpc) is 2.54. The Bertz CT molecular complexity index is 450. The Hall–Kier alpha value is -1.36. The minimum atomic E-state index is 0.715. The number of piperidine rings is 2. The van der Waals surface area contributed by atoms with Crippen LogP contribution in [0.1, 0.15) is 37.8 Å². The molecule has 5 heteroatoms. The highest BCUT2D eigenvalue weighted by Gasteiger charge is 2.16. The van der Waals surface area contributed by atoms with Gasteiger partial charge in [0.1, 0.15) is 5.82 Å². The maximum absolute atomic E-state index is 4.72. The molecule has 2 aliphatic rings. The summed E-state index contributed by atoms with van der Waals surface area (Å²) in [7, 11) is 0. The molecule has 0 amide bonds. The number of anilines is 2. The SMILES string of the molecule is Cc1cc(NCC2CCCNC2)nc(N2CCCCC2)n1. The Balaban J connectivity index is 1.62.